The van der Waals surface area contributed by atoms with Gasteiger partial charge in [0.15, 0.2) is 0 Å². The molecule has 29 heavy (non-hydrogen) atoms. The quantitative estimate of drug-likeness (QED) is 0.728. The first-order chi connectivity index (χ1) is 13.9. The monoisotopic (exact) mass is 424 g/mol. The van der Waals surface area contributed by atoms with Crippen molar-refractivity contribution in [1.82, 2.24) is 10.2 Å². The van der Waals surface area contributed by atoms with Crippen LogP contribution in [0.3, 0.4) is 0 Å². The minimum atomic E-state index is -0.502. The Morgan fingerprint density at radius 1 is 1.34 bits per heavy atom. The van der Waals surface area contributed by atoms with Gasteiger partial charge in [0.05, 0.1) is 36.6 Å². The maximum absolute atomic E-state index is 14.8. The molecule has 0 aliphatic carbocycles. The van der Waals surface area contributed by atoms with Gasteiger partial charge >= 0.3 is 12.2 Å². The highest BCUT2D eigenvalue weighted by atomic mass is 32.1. The molecular weight excluding hydrogens is 399 g/mol. The predicted molar refractivity (Wildman–Crippen MR) is 111 cm³/mol. The van der Waals surface area contributed by atoms with E-state index in [1.54, 1.807) is 17.0 Å². The lowest BCUT2D eigenvalue weighted by Crippen LogP contribution is -2.49. The zero-order valence-corrected chi connectivity index (χ0v) is 17.3. The van der Waals surface area contributed by atoms with Gasteiger partial charge in [-0.3, -0.25) is 4.90 Å². The standard InChI is InChI=1S/C19H25FN4O4S/c1-3-17(29)21-11-14-12-24(19(26)28-14)13-4-5-16(15(20)10-13)22-6-8-23(9-7-22)18(25)27-2/h4-5,10,14H,3,6-9,11-12H2,1-2H3,(H,21,29)/t14-/m0/s1. The van der Waals surface area contributed by atoms with Gasteiger partial charge in [-0.05, 0) is 24.6 Å². The highest BCUT2D eigenvalue weighted by Gasteiger charge is 2.33. The molecule has 0 spiro atoms. The number of anilines is 2. The second-order valence-corrected chi connectivity index (χ2v) is 7.35. The van der Waals surface area contributed by atoms with Crippen molar-refractivity contribution in [1.29, 1.82) is 0 Å². The Morgan fingerprint density at radius 3 is 2.69 bits per heavy atom. The van der Waals surface area contributed by atoms with Crippen LogP contribution in [0.5, 0.6) is 0 Å². The van der Waals surface area contributed by atoms with Crippen LogP contribution in [0.15, 0.2) is 18.2 Å². The normalized spacial score (nSPS) is 19.2. The molecule has 1 aromatic rings. The number of nitrogens with one attached hydrogen (secondary N) is 1. The van der Waals surface area contributed by atoms with Crippen LogP contribution in [0.2, 0.25) is 0 Å². The number of piperazine rings is 1. The molecule has 1 N–H and O–H groups in total. The molecule has 2 saturated heterocycles. The van der Waals surface area contributed by atoms with Gasteiger partial charge in [-0.25, -0.2) is 14.0 Å². The zero-order chi connectivity index (χ0) is 21.0. The van der Waals surface area contributed by atoms with Crippen molar-refractivity contribution in [3.05, 3.63) is 24.0 Å². The molecule has 10 heteroatoms. The lowest BCUT2D eigenvalue weighted by Gasteiger charge is -2.35. The van der Waals surface area contributed by atoms with Crippen molar-refractivity contribution >= 4 is 40.8 Å². The highest BCUT2D eigenvalue weighted by Crippen LogP contribution is 2.28. The van der Waals surface area contributed by atoms with Gasteiger partial charge in [-0.1, -0.05) is 19.1 Å². The summed E-state index contributed by atoms with van der Waals surface area (Å²) in [7, 11) is 1.34. The van der Waals surface area contributed by atoms with E-state index in [4.69, 9.17) is 21.7 Å². The molecule has 158 valence electrons. The Morgan fingerprint density at radius 2 is 2.07 bits per heavy atom. The van der Waals surface area contributed by atoms with Gasteiger partial charge in [-0.15, -0.1) is 0 Å². The van der Waals surface area contributed by atoms with E-state index in [-0.39, 0.29) is 12.2 Å². The van der Waals surface area contributed by atoms with Crippen LogP contribution < -0.4 is 15.1 Å². The lowest BCUT2D eigenvalue weighted by atomic mass is 10.2. The Balaban J connectivity index is 1.62. The average Bonchev–Trinajstić information content (AvgIpc) is 3.12. The summed E-state index contributed by atoms with van der Waals surface area (Å²) in [5.41, 5.74) is 0.891. The van der Waals surface area contributed by atoms with Crippen molar-refractivity contribution in [2.24, 2.45) is 0 Å². The number of hydrogen-bond donors (Lipinski definition) is 1. The molecule has 3 rings (SSSR count). The number of carbonyl (C=O) groups is 2. The first-order valence-electron chi connectivity index (χ1n) is 9.55. The third-order valence-corrected chi connectivity index (χ3v) is 5.45. The number of amides is 2. The van der Waals surface area contributed by atoms with E-state index < -0.39 is 11.9 Å². The first kappa shape index (κ1) is 21.1. The number of carbonyl (C=O) groups excluding carboxylic acids is 2. The maximum atomic E-state index is 14.8. The molecule has 2 amide bonds. The number of methoxy groups -OCH3 is 1. The van der Waals surface area contributed by atoms with Gasteiger partial charge in [0.25, 0.3) is 0 Å². The Kier molecular flexibility index (Phi) is 6.73. The van der Waals surface area contributed by atoms with E-state index in [2.05, 4.69) is 5.32 Å². The van der Waals surface area contributed by atoms with Crippen LogP contribution in [-0.2, 0) is 9.47 Å². The first-order valence-corrected chi connectivity index (χ1v) is 9.96. The molecule has 0 radical (unpaired) electrons. The van der Waals surface area contributed by atoms with Gasteiger partial charge in [0, 0.05) is 26.2 Å². The summed E-state index contributed by atoms with van der Waals surface area (Å²) in [5, 5.41) is 3.06. The summed E-state index contributed by atoms with van der Waals surface area (Å²) in [6, 6.07) is 4.71. The van der Waals surface area contributed by atoms with Crippen LogP contribution in [0, 0.1) is 5.82 Å². The number of hydrogen-bond acceptors (Lipinski definition) is 6. The molecule has 2 fully saturated rings. The largest absolute Gasteiger partial charge is 0.453 e. The van der Waals surface area contributed by atoms with Crippen LogP contribution in [-0.4, -0.2) is 74.6 Å². The van der Waals surface area contributed by atoms with E-state index >= 15 is 0 Å². The van der Waals surface area contributed by atoms with E-state index in [1.165, 1.54) is 18.1 Å². The van der Waals surface area contributed by atoms with E-state index in [0.29, 0.717) is 55.6 Å². The smallest absolute Gasteiger partial charge is 0.414 e. The predicted octanol–water partition coefficient (Wildman–Crippen LogP) is 2.37. The second-order valence-electron chi connectivity index (χ2n) is 6.85. The van der Waals surface area contributed by atoms with E-state index in [9.17, 15) is 14.0 Å². The lowest BCUT2D eigenvalue weighted by molar-refractivity contribution is 0.121. The van der Waals surface area contributed by atoms with Crippen molar-refractivity contribution in [3.63, 3.8) is 0 Å². The topological polar surface area (TPSA) is 74.4 Å². The summed E-state index contributed by atoms with van der Waals surface area (Å²) >= 11 is 5.12. The zero-order valence-electron chi connectivity index (χ0n) is 16.5. The second kappa shape index (κ2) is 9.25. The fourth-order valence-electron chi connectivity index (χ4n) is 3.37. The maximum Gasteiger partial charge on any atom is 0.414 e. The van der Waals surface area contributed by atoms with Crippen LogP contribution in [0.1, 0.15) is 13.3 Å². The Hall–Kier alpha value is -2.62. The Bertz CT molecular complexity index is 785. The summed E-state index contributed by atoms with van der Waals surface area (Å²) in [6.07, 6.45) is -0.503. The molecule has 8 nitrogen and oxygen atoms in total. The van der Waals surface area contributed by atoms with Crippen molar-refractivity contribution in [2.45, 2.75) is 19.4 Å². The molecular formula is C19H25FN4O4S. The highest BCUT2D eigenvalue weighted by molar-refractivity contribution is 7.80. The molecule has 0 bridgehead atoms. The molecule has 2 heterocycles. The van der Waals surface area contributed by atoms with Crippen molar-refractivity contribution in [3.8, 4) is 0 Å². The van der Waals surface area contributed by atoms with Crippen LogP contribution >= 0.6 is 12.2 Å². The molecule has 0 aromatic heterocycles. The van der Waals surface area contributed by atoms with Gasteiger partial charge in [0.2, 0.25) is 0 Å². The minimum absolute atomic E-state index is 0.328. The molecule has 2 aliphatic rings. The number of rotatable bonds is 5. The van der Waals surface area contributed by atoms with Crippen LogP contribution in [0.25, 0.3) is 0 Å². The Labute approximate surface area is 174 Å². The number of ether oxygens (including phenoxy) is 2. The third kappa shape index (κ3) is 4.87. The van der Waals surface area contributed by atoms with Gasteiger partial charge < -0.3 is 24.6 Å². The number of cyclic esters (lactones) is 1. The molecule has 0 saturated carbocycles. The SMILES string of the molecule is CCC(=S)NC[C@H]1CN(c2ccc(N3CCN(C(=O)OC)CC3)c(F)c2)C(=O)O1. The van der Waals surface area contributed by atoms with Crippen molar-refractivity contribution < 1.29 is 23.5 Å². The van der Waals surface area contributed by atoms with Crippen LogP contribution in [0.4, 0.5) is 25.4 Å². The summed E-state index contributed by atoms with van der Waals surface area (Å²) < 4.78 is 24.8. The summed E-state index contributed by atoms with van der Waals surface area (Å²) in [6.45, 7) is 4.63. The van der Waals surface area contributed by atoms with Gasteiger partial charge in [-0.2, -0.15) is 0 Å². The fraction of sp³-hybridized carbons (Fsp3) is 0.526. The summed E-state index contributed by atoms with van der Waals surface area (Å²) in [4.78, 5) is 29.4. The average molecular weight is 424 g/mol. The molecule has 0 unspecified atom stereocenters. The number of thiocarbonyl (C=S) groups is 1. The third-order valence-electron chi connectivity index (χ3n) is 5.02. The van der Waals surface area contributed by atoms with E-state index in [0.717, 1.165) is 6.42 Å². The van der Waals surface area contributed by atoms with Gasteiger partial charge in [0.1, 0.15) is 11.9 Å². The minimum Gasteiger partial charge on any atom is -0.453 e. The fourth-order valence-corrected chi connectivity index (χ4v) is 3.45. The number of halogens is 1. The van der Waals surface area contributed by atoms with Crippen molar-refractivity contribution in [2.75, 3.05) is 56.2 Å². The molecule has 2 aliphatic heterocycles. The van der Waals surface area contributed by atoms with E-state index in [1.807, 2.05) is 11.8 Å². The number of benzene rings is 1. The number of nitrogens with zero attached hydrogens (tertiary/aromatic N) is 3. The molecule has 1 aromatic carbocycles. The summed E-state index contributed by atoms with van der Waals surface area (Å²) in [5.74, 6) is -0.421. The molecule has 1 atom stereocenters.